The Hall–Kier alpha value is -2.09. The van der Waals surface area contributed by atoms with Crippen LogP contribution in [0.15, 0.2) is 12.1 Å². The lowest BCUT2D eigenvalue weighted by atomic mass is 10.1. The van der Waals surface area contributed by atoms with Crippen LogP contribution in [-0.4, -0.2) is 35.4 Å². The second kappa shape index (κ2) is 7.49. The SMILES string of the molecule is CCNc1cc(C(=O)N(C)C(C)CC#N)cc(CC)n1. The van der Waals surface area contributed by atoms with Crippen LogP contribution in [0.2, 0.25) is 0 Å². The number of hydrogen-bond acceptors (Lipinski definition) is 4. The first kappa shape index (κ1) is 16.0. The summed E-state index contributed by atoms with van der Waals surface area (Å²) >= 11 is 0. The predicted octanol–water partition coefficient (Wildman–Crippen LogP) is 2.45. The topological polar surface area (TPSA) is 69.0 Å². The van der Waals surface area contributed by atoms with Crippen LogP contribution < -0.4 is 5.32 Å². The van der Waals surface area contributed by atoms with Gasteiger partial charge in [-0.3, -0.25) is 4.79 Å². The number of rotatable bonds is 6. The fourth-order valence-corrected chi connectivity index (χ4v) is 1.84. The van der Waals surface area contributed by atoms with E-state index in [0.29, 0.717) is 12.0 Å². The molecule has 1 aromatic heterocycles. The van der Waals surface area contributed by atoms with Crippen LogP contribution in [0.1, 0.15) is 43.2 Å². The maximum atomic E-state index is 12.4. The van der Waals surface area contributed by atoms with E-state index in [9.17, 15) is 4.79 Å². The first-order chi connectivity index (χ1) is 9.53. The van der Waals surface area contributed by atoms with Crippen molar-refractivity contribution < 1.29 is 4.79 Å². The zero-order valence-electron chi connectivity index (χ0n) is 12.6. The number of carbonyl (C=O) groups excluding carboxylic acids is 1. The van der Waals surface area contributed by atoms with Gasteiger partial charge in [0.05, 0.1) is 12.5 Å². The zero-order valence-corrected chi connectivity index (χ0v) is 12.6. The molecule has 0 saturated heterocycles. The molecule has 1 unspecified atom stereocenters. The predicted molar refractivity (Wildman–Crippen MR) is 79.6 cm³/mol. The molecule has 0 aliphatic heterocycles. The van der Waals surface area contributed by atoms with Crippen LogP contribution in [0, 0.1) is 11.3 Å². The molecule has 5 heteroatoms. The third-order valence-corrected chi connectivity index (χ3v) is 3.21. The molecule has 0 fully saturated rings. The Kier molecular flexibility index (Phi) is 5.98. The van der Waals surface area contributed by atoms with Crippen molar-refractivity contribution in [3.8, 4) is 6.07 Å². The minimum atomic E-state index is -0.103. The highest BCUT2D eigenvalue weighted by Crippen LogP contribution is 2.15. The number of nitrogens with zero attached hydrogens (tertiary/aromatic N) is 3. The van der Waals surface area contributed by atoms with E-state index in [-0.39, 0.29) is 11.9 Å². The van der Waals surface area contributed by atoms with E-state index in [1.165, 1.54) is 0 Å². The summed E-state index contributed by atoms with van der Waals surface area (Å²) in [6.45, 7) is 6.62. The second-order valence-electron chi connectivity index (χ2n) is 4.74. The van der Waals surface area contributed by atoms with Crippen LogP contribution in [-0.2, 0) is 6.42 Å². The largest absolute Gasteiger partial charge is 0.370 e. The van der Waals surface area contributed by atoms with Gasteiger partial charge in [-0.15, -0.1) is 0 Å². The maximum absolute atomic E-state index is 12.4. The van der Waals surface area contributed by atoms with Gasteiger partial charge < -0.3 is 10.2 Å². The van der Waals surface area contributed by atoms with Gasteiger partial charge in [0.15, 0.2) is 0 Å². The van der Waals surface area contributed by atoms with Gasteiger partial charge in [-0.25, -0.2) is 4.98 Å². The highest BCUT2D eigenvalue weighted by atomic mass is 16.2. The summed E-state index contributed by atoms with van der Waals surface area (Å²) in [7, 11) is 1.73. The molecule has 5 nitrogen and oxygen atoms in total. The second-order valence-corrected chi connectivity index (χ2v) is 4.74. The number of amides is 1. The lowest BCUT2D eigenvalue weighted by Gasteiger charge is -2.23. The molecule has 0 aliphatic rings. The van der Waals surface area contributed by atoms with E-state index in [1.807, 2.05) is 26.8 Å². The first-order valence-electron chi connectivity index (χ1n) is 6.92. The van der Waals surface area contributed by atoms with E-state index in [4.69, 9.17) is 5.26 Å². The van der Waals surface area contributed by atoms with Crippen LogP contribution in [0.25, 0.3) is 0 Å². The van der Waals surface area contributed by atoms with Crippen molar-refractivity contribution in [2.24, 2.45) is 0 Å². The number of nitrogens with one attached hydrogen (secondary N) is 1. The van der Waals surface area contributed by atoms with Crippen molar-refractivity contribution in [2.75, 3.05) is 18.9 Å². The Morgan fingerprint density at radius 1 is 1.50 bits per heavy atom. The van der Waals surface area contributed by atoms with Crippen molar-refractivity contribution in [3.05, 3.63) is 23.4 Å². The van der Waals surface area contributed by atoms with Crippen molar-refractivity contribution in [1.82, 2.24) is 9.88 Å². The van der Waals surface area contributed by atoms with Gasteiger partial charge in [0, 0.05) is 30.9 Å². The molecule has 1 aromatic rings. The zero-order chi connectivity index (χ0) is 15.1. The van der Waals surface area contributed by atoms with Crippen molar-refractivity contribution >= 4 is 11.7 Å². The van der Waals surface area contributed by atoms with Crippen LogP contribution in [0.5, 0.6) is 0 Å². The molecule has 0 aromatic carbocycles. The fourth-order valence-electron chi connectivity index (χ4n) is 1.84. The smallest absolute Gasteiger partial charge is 0.254 e. The minimum absolute atomic E-state index is 0.0796. The molecular weight excluding hydrogens is 252 g/mol. The van der Waals surface area contributed by atoms with E-state index in [1.54, 1.807) is 18.0 Å². The monoisotopic (exact) mass is 274 g/mol. The van der Waals surface area contributed by atoms with E-state index in [0.717, 1.165) is 24.5 Å². The molecule has 108 valence electrons. The molecule has 1 rings (SSSR count). The Morgan fingerprint density at radius 3 is 2.75 bits per heavy atom. The Morgan fingerprint density at radius 2 is 2.20 bits per heavy atom. The van der Waals surface area contributed by atoms with Gasteiger partial charge in [-0.05, 0) is 32.4 Å². The van der Waals surface area contributed by atoms with Crippen molar-refractivity contribution in [3.63, 3.8) is 0 Å². The summed E-state index contributed by atoms with van der Waals surface area (Å²) in [5, 5.41) is 11.9. The van der Waals surface area contributed by atoms with E-state index >= 15 is 0 Å². The number of aromatic nitrogens is 1. The molecule has 20 heavy (non-hydrogen) atoms. The quantitative estimate of drug-likeness (QED) is 0.865. The number of nitriles is 1. The Labute approximate surface area is 120 Å². The van der Waals surface area contributed by atoms with Crippen LogP contribution in [0.3, 0.4) is 0 Å². The van der Waals surface area contributed by atoms with Gasteiger partial charge in [0.1, 0.15) is 5.82 Å². The van der Waals surface area contributed by atoms with E-state index < -0.39 is 0 Å². The van der Waals surface area contributed by atoms with Crippen molar-refractivity contribution in [2.45, 2.75) is 39.7 Å². The highest BCUT2D eigenvalue weighted by Gasteiger charge is 2.18. The number of carbonyl (C=O) groups is 1. The summed E-state index contributed by atoms with van der Waals surface area (Å²) in [4.78, 5) is 18.5. The van der Waals surface area contributed by atoms with Crippen LogP contribution >= 0.6 is 0 Å². The van der Waals surface area contributed by atoms with Gasteiger partial charge in [-0.2, -0.15) is 5.26 Å². The third kappa shape index (κ3) is 3.95. The van der Waals surface area contributed by atoms with Crippen molar-refractivity contribution in [1.29, 1.82) is 5.26 Å². The highest BCUT2D eigenvalue weighted by molar-refractivity contribution is 5.95. The summed E-state index contributed by atoms with van der Waals surface area (Å²) < 4.78 is 0. The fraction of sp³-hybridized carbons (Fsp3) is 0.533. The normalized spacial score (nSPS) is 11.6. The number of aryl methyl sites for hydroxylation is 1. The Bertz CT molecular complexity index is 507. The average Bonchev–Trinajstić information content (AvgIpc) is 2.45. The molecule has 0 bridgehead atoms. The molecule has 0 aliphatic carbocycles. The van der Waals surface area contributed by atoms with Gasteiger partial charge in [0.2, 0.25) is 0 Å². The molecule has 0 spiro atoms. The summed E-state index contributed by atoms with van der Waals surface area (Å²) in [5.41, 5.74) is 1.49. The van der Waals surface area contributed by atoms with E-state index in [2.05, 4.69) is 16.4 Å². The standard InChI is InChI=1S/C15H22N4O/c1-5-13-9-12(10-14(18-13)17-6-2)15(20)19(4)11(3)7-8-16/h9-11H,5-7H2,1-4H3,(H,17,18). The summed E-state index contributed by atoms with van der Waals surface area (Å²) in [6.07, 6.45) is 1.10. The number of pyridine rings is 1. The Balaban J connectivity index is 3.02. The molecule has 1 heterocycles. The number of anilines is 1. The molecule has 1 N–H and O–H groups in total. The first-order valence-corrected chi connectivity index (χ1v) is 6.92. The summed E-state index contributed by atoms with van der Waals surface area (Å²) in [6, 6.07) is 5.57. The minimum Gasteiger partial charge on any atom is -0.370 e. The van der Waals surface area contributed by atoms with Gasteiger partial charge in [0.25, 0.3) is 5.91 Å². The lowest BCUT2D eigenvalue weighted by molar-refractivity contribution is 0.0746. The number of hydrogen-bond donors (Lipinski definition) is 1. The summed E-state index contributed by atoms with van der Waals surface area (Å²) in [5.74, 6) is 0.639. The molecular formula is C15H22N4O. The molecule has 1 atom stereocenters. The van der Waals surface area contributed by atoms with Crippen LogP contribution in [0.4, 0.5) is 5.82 Å². The van der Waals surface area contributed by atoms with Gasteiger partial charge in [-0.1, -0.05) is 6.92 Å². The lowest BCUT2D eigenvalue weighted by Crippen LogP contribution is -2.35. The molecule has 0 radical (unpaired) electrons. The third-order valence-electron chi connectivity index (χ3n) is 3.21. The molecule has 1 amide bonds. The molecule has 0 saturated carbocycles. The maximum Gasteiger partial charge on any atom is 0.254 e. The average molecular weight is 274 g/mol. The van der Waals surface area contributed by atoms with Gasteiger partial charge >= 0.3 is 0 Å².